The van der Waals surface area contributed by atoms with Gasteiger partial charge < -0.3 is 10.6 Å². The lowest BCUT2D eigenvalue weighted by molar-refractivity contribution is -0.140. The number of allylic oxidation sites excluding steroid dienone is 2. The molecule has 0 spiro atoms. The van der Waals surface area contributed by atoms with E-state index in [4.69, 9.17) is 0 Å². The van der Waals surface area contributed by atoms with Crippen molar-refractivity contribution in [2.24, 2.45) is 28.7 Å². The molecule has 2 heterocycles. The first-order valence-electron chi connectivity index (χ1n) is 10.7. The predicted molar refractivity (Wildman–Crippen MR) is 110 cm³/mol. The van der Waals surface area contributed by atoms with E-state index in [9.17, 15) is 9.59 Å². The second-order valence-corrected chi connectivity index (χ2v) is 7.99. The molecule has 1 aliphatic heterocycles. The average molecular weight is 399 g/mol. The first kappa shape index (κ1) is 19.7. The quantitative estimate of drug-likeness (QED) is 0.213. The molecule has 3 aliphatic rings. The largest absolute Gasteiger partial charge is 0.357 e. The minimum absolute atomic E-state index is 0.0319. The molecule has 2 aliphatic carbocycles. The van der Waals surface area contributed by atoms with Crippen molar-refractivity contribution in [3.8, 4) is 0 Å². The van der Waals surface area contributed by atoms with E-state index in [0.29, 0.717) is 19.5 Å². The minimum atomic E-state index is -0.102. The second kappa shape index (κ2) is 8.80. The molecule has 2 fully saturated rings. The molecular weight excluding hydrogens is 368 g/mol. The van der Waals surface area contributed by atoms with Crippen molar-refractivity contribution in [1.82, 2.24) is 25.3 Å². The number of nitrogens with one attached hydrogen (secondary N) is 2. The molecule has 8 heteroatoms. The van der Waals surface area contributed by atoms with Crippen molar-refractivity contribution >= 4 is 17.8 Å². The summed E-state index contributed by atoms with van der Waals surface area (Å²) in [6.07, 6.45) is 10.6. The Morgan fingerprint density at radius 2 is 1.90 bits per heavy atom. The molecule has 156 valence electrons. The lowest BCUT2D eigenvalue weighted by Crippen LogP contribution is -2.38. The Morgan fingerprint density at radius 1 is 1.14 bits per heavy atom. The number of aryl methyl sites for hydroxylation is 1. The van der Waals surface area contributed by atoms with Crippen molar-refractivity contribution in [2.45, 2.75) is 32.7 Å². The van der Waals surface area contributed by atoms with Crippen LogP contribution in [0.15, 0.2) is 35.6 Å². The maximum Gasteiger partial charge on any atom is 0.233 e. The van der Waals surface area contributed by atoms with Crippen molar-refractivity contribution in [3.05, 3.63) is 30.6 Å². The van der Waals surface area contributed by atoms with Gasteiger partial charge in [-0.3, -0.25) is 24.2 Å². The smallest absolute Gasteiger partial charge is 0.233 e. The van der Waals surface area contributed by atoms with Gasteiger partial charge in [0.1, 0.15) is 0 Å². The first-order valence-corrected chi connectivity index (χ1v) is 10.7. The highest BCUT2D eigenvalue weighted by Crippen LogP contribution is 2.52. The molecule has 2 bridgehead atoms. The molecule has 2 amide bonds. The van der Waals surface area contributed by atoms with Crippen molar-refractivity contribution in [1.29, 1.82) is 0 Å². The lowest BCUT2D eigenvalue weighted by Gasteiger charge is -2.17. The minimum Gasteiger partial charge on any atom is -0.357 e. The highest BCUT2D eigenvalue weighted by atomic mass is 16.2. The Morgan fingerprint density at radius 3 is 2.55 bits per heavy atom. The van der Waals surface area contributed by atoms with Gasteiger partial charge in [-0.1, -0.05) is 12.2 Å². The molecule has 4 unspecified atom stereocenters. The summed E-state index contributed by atoms with van der Waals surface area (Å²) in [4.78, 5) is 31.5. The van der Waals surface area contributed by atoms with Crippen LogP contribution in [0, 0.1) is 23.7 Å². The van der Waals surface area contributed by atoms with Crippen molar-refractivity contribution in [3.63, 3.8) is 0 Å². The van der Waals surface area contributed by atoms with Crippen LogP contribution in [0.2, 0.25) is 0 Å². The zero-order valence-corrected chi connectivity index (χ0v) is 17.0. The molecule has 4 rings (SSSR count). The summed E-state index contributed by atoms with van der Waals surface area (Å²) in [7, 11) is 0. The number of rotatable bonds is 9. The van der Waals surface area contributed by atoms with Gasteiger partial charge in [0.15, 0.2) is 5.96 Å². The van der Waals surface area contributed by atoms with E-state index in [1.807, 2.05) is 23.9 Å². The molecule has 1 aromatic heterocycles. The Labute approximate surface area is 171 Å². The number of hydrogen-bond acceptors (Lipinski definition) is 4. The number of fused-ring (bicyclic) bond motifs is 5. The molecule has 29 heavy (non-hydrogen) atoms. The fourth-order valence-corrected chi connectivity index (χ4v) is 4.83. The SMILES string of the molecule is CCNC(=NCCCN1C(=O)C2C3C=CC(C3)C2C1=O)NCCCn1cccn1. The third-order valence-corrected chi connectivity index (χ3v) is 6.13. The predicted octanol–water partition coefficient (Wildman–Crippen LogP) is 1.03. The second-order valence-electron chi connectivity index (χ2n) is 7.99. The number of nitrogens with zero attached hydrogens (tertiary/aromatic N) is 4. The number of amides is 2. The van der Waals surface area contributed by atoms with Crippen LogP contribution in [0.3, 0.4) is 0 Å². The summed E-state index contributed by atoms with van der Waals surface area (Å²) in [6.45, 7) is 5.51. The zero-order chi connectivity index (χ0) is 20.2. The third-order valence-electron chi connectivity index (χ3n) is 6.13. The summed E-state index contributed by atoms with van der Waals surface area (Å²) < 4.78 is 1.91. The van der Waals surface area contributed by atoms with Crippen LogP contribution in [0.4, 0.5) is 0 Å². The van der Waals surface area contributed by atoms with Crippen LogP contribution in [-0.4, -0.2) is 58.6 Å². The normalized spacial score (nSPS) is 27.8. The molecule has 1 saturated heterocycles. The van der Waals surface area contributed by atoms with E-state index >= 15 is 0 Å². The summed E-state index contributed by atoms with van der Waals surface area (Å²) in [6, 6.07) is 1.92. The van der Waals surface area contributed by atoms with Gasteiger partial charge >= 0.3 is 0 Å². The highest BCUT2D eigenvalue weighted by Gasteiger charge is 2.58. The Hall–Kier alpha value is -2.64. The third kappa shape index (κ3) is 4.06. The topological polar surface area (TPSA) is 91.6 Å². The van der Waals surface area contributed by atoms with Crippen molar-refractivity contribution in [2.75, 3.05) is 26.2 Å². The lowest BCUT2D eigenvalue weighted by atomic mass is 9.85. The number of aromatic nitrogens is 2. The number of imide groups is 1. The number of guanidine groups is 1. The summed E-state index contributed by atoms with van der Waals surface area (Å²) in [5.41, 5.74) is 0. The van der Waals surface area contributed by atoms with E-state index in [-0.39, 0.29) is 35.5 Å². The maximum absolute atomic E-state index is 12.7. The van der Waals surface area contributed by atoms with Crippen LogP contribution in [0.1, 0.15) is 26.2 Å². The van der Waals surface area contributed by atoms with Crippen LogP contribution in [0.5, 0.6) is 0 Å². The van der Waals surface area contributed by atoms with Gasteiger partial charge in [-0.05, 0) is 44.1 Å². The monoisotopic (exact) mass is 398 g/mol. The van der Waals surface area contributed by atoms with Gasteiger partial charge in [0.05, 0.1) is 11.8 Å². The van der Waals surface area contributed by atoms with Crippen molar-refractivity contribution < 1.29 is 9.59 Å². The molecule has 8 nitrogen and oxygen atoms in total. The van der Waals surface area contributed by atoms with E-state index in [0.717, 1.165) is 38.4 Å². The van der Waals surface area contributed by atoms with Gasteiger partial charge in [0.2, 0.25) is 11.8 Å². The van der Waals surface area contributed by atoms with Crippen LogP contribution in [0.25, 0.3) is 0 Å². The van der Waals surface area contributed by atoms with E-state index in [1.165, 1.54) is 4.90 Å². The Bertz CT molecular complexity index is 757. The molecule has 4 atom stereocenters. The molecule has 2 N–H and O–H groups in total. The molecule has 1 saturated carbocycles. The Kier molecular flexibility index (Phi) is 5.97. The molecule has 0 radical (unpaired) electrons. The molecule has 0 aromatic carbocycles. The number of carbonyl (C=O) groups is 2. The van der Waals surface area contributed by atoms with E-state index < -0.39 is 0 Å². The zero-order valence-electron chi connectivity index (χ0n) is 17.0. The summed E-state index contributed by atoms with van der Waals surface area (Å²) in [5.74, 6) is 1.18. The van der Waals surface area contributed by atoms with E-state index in [1.54, 1.807) is 6.20 Å². The van der Waals surface area contributed by atoms with Crippen LogP contribution in [-0.2, 0) is 16.1 Å². The fraction of sp³-hybridized carbons (Fsp3) is 0.619. The van der Waals surface area contributed by atoms with Gasteiger partial charge in [-0.25, -0.2) is 0 Å². The first-order chi connectivity index (χ1) is 14.2. The fourth-order valence-electron chi connectivity index (χ4n) is 4.83. The number of carbonyl (C=O) groups excluding carboxylic acids is 2. The highest BCUT2D eigenvalue weighted by molar-refractivity contribution is 6.06. The maximum atomic E-state index is 12.7. The van der Waals surface area contributed by atoms with Gasteiger partial charge in [0, 0.05) is 45.1 Å². The summed E-state index contributed by atoms with van der Waals surface area (Å²) in [5, 5.41) is 10.8. The van der Waals surface area contributed by atoms with Gasteiger partial charge in [0.25, 0.3) is 0 Å². The standard InChI is InChI=1S/C21H30N6O2/c1-2-22-21(23-8-3-11-26-12-5-10-25-26)24-9-4-13-27-19(28)17-15-6-7-16(14-15)18(17)20(27)29/h5-7,10,12,15-18H,2-4,8-9,11,13-14H2,1H3,(H2,22,23,24). The number of likely N-dealkylation sites (tertiary alicyclic amines) is 1. The van der Waals surface area contributed by atoms with Crippen LogP contribution < -0.4 is 10.6 Å². The summed E-state index contributed by atoms with van der Waals surface area (Å²) >= 11 is 0. The molecule has 1 aromatic rings. The molecular formula is C21H30N6O2. The van der Waals surface area contributed by atoms with Crippen LogP contribution >= 0.6 is 0 Å². The van der Waals surface area contributed by atoms with Gasteiger partial charge in [-0.2, -0.15) is 5.10 Å². The van der Waals surface area contributed by atoms with Gasteiger partial charge in [-0.15, -0.1) is 0 Å². The number of hydrogen-bond donors (Lipinski definition) is 2. The average Bonchev–Trinajstić information content (AvgIpc) is 3.49. The van der Waals surface area contributed by atoms with E-state index in [2.05, 4.69) is 32.9 Å². The number of aliphatic imine (C=N–C) groups is 1. The Balaban J connectivity index is 1.21.